The lowest BCUT2D eigenvalue weighted by molar-refractivity contribution is -0.0140. The second-order valence-electron chi connectivity index (χ2n) is 4.52. The van der Waals surface area contributed by atoms with Crippen molar-refractivity contribution < 1.29 is 64.3 Å². The first-order valence-electron chi connectivity index (χ1n) is 6.61. The molecule has 0 saturated heterocycles. The van der Waals surface area contributed by atoms with Crippen molar-refractivity contribution >= 4 is 0 Å². The molecule has 0 heterocycles. The Bertz CT molecular complexity index is 803. The van der Waals surface area contributed by atoms with E-state index in [4.69, 9.17) is 10.2 Å². The molecule has 0 spiro atoms. The van der Waals surface area contributed by atoms with E-state index in [1.807, 2.05) is 0 Å². The van der Waals surface area contributed by atoms with Crippen molar-refractivity contribution in [3.05, 3.63) is 46.5 Å². The summed E-state index contributed by atoms with van der Waals surface area (Å²) in [6.07, 6.45) is 0. The van der Waals surface area contributed by atoms with Crippen molar-refractivity contribution in [1.29, 1.82) is 0 Å². The van der Waals surface area contributed by atoms with E-state index in [1.54, 1.807) is 0 Å². The largest absolute Gasteiger partial charge is 0.394 e. The molecule has 0 aliphatic heterocycles. The van der Waals surface area contributed by atoms with Crippen LogP contribution in [-0.4, -0.2) is 23.4 Å². The predicted octanol–water partition coefficient (Wildman–Crippen LogP) is 3.96. The minimum Gasteiger partial charge on any atom is -0.394 e. The molecule has 0 aromatic heterocycles. The first-order chi connectivity index (χ1) is 13.1. The molecule has 4 nitrogen and oxygen atoms in total. The molecule has 0 aliphatic rings. The summed E-state index contributed by atoms with van der Waals surface area (Å²) in [7, 11) is 0. The number of halogens is 10. The number of aliphatic hydroxyl groups excluding tert-OH is 2. The lowest BCUT2D eigenvalue weighted by atomic mass is 10.00. The van der Waals surface area contributed by atoms with Gasteiger partial charge < -0.3 is 10.2 Å². The first-order valence-corrected chi connectivity index (χ1v) is 6.61. The molecule has 2 aromatic rings. The zero-order valence-corrected chi connectivity index (χ0v) is 12.9. The Kier molecular flexibility index (Phi) is 7.87. The molecule has 14 heteroatoms. The Morgan fingerprint density at radius 1 is 0.464 bits per heavy atom. The standard InChI is InChI=1S/C12F10O2.C2H6O2/c13-3-1(11(23-21)9(19)7(17)5(3)15)2-4(14)6(16)8(18)10(20)12(2)24-22;3-1-2-4/h;3-4H,1-2H2. The van der Waals surface area contributed by atoms with Crippen molar-refractivity contribution in [2.45, 2.75) is 0 Å². The van der Waals surface area contributed by atoms with Gasteiger partial charge in [-0.2, -0.15) is 8.78 Å². The van der Waals surface area contributed by atoms with Crippen molar-refractivity contribution in [3.8, 4) is 22.6 Å². The van der Waals surface area contributed by atoms with E-state index in [0.29, 0.717) is 0 Å². The van der Waals surface area contributed by atoms with Crippen LogP contribution in [0.25, 0.3) is 11.1 Å². The van der Waals surface area contributed by atoms with Crippen LogP contribution in [0.5, 0.6) is 11.5 Å². The maximum atomic E-state index is 13.7. The summed E-state index contributed by atoms with van der Waals surface area (Å²) in [5.41, 5.74) is -4.26. The summed E-state index contributed by atoms with van der Waals surface area (Å²) in [6.45, 7) is -0.250. The van der Waals surface area contributed by atoms with Crippen molar-refractivity contribution in [2.75, 3.05) is 13.2 Å². The zero-order valence-electron chi connectivity index (χ0n) is 12.9. The van der Waals surface area contributed by atoms with Crippen LogP contribution in [0.4, 0.5) is 44.2 Å². The number of hydrogen-bond donors (Lipinski definition) is 2. The van der Waals surface area contributed by atoms with Crippen LogP contribution in [0, 0.1) is 46.5 Å². The SMILES string of the molecule is FOc1c(F)c(F)c(F)c(F)c1-c1c(F)c(F)c(F)c(F)c1OF.OCCO. The normalized spacial score (nSPS) is 10.4. The molecular formula is C14H6F10O4. The summed E-state index contributed by atoms with van der Waals surface area (Å²) < 4.78 is 131. The van der Waals surface area contributed by atoms with Crippen LogP contribution < -0.4 is 9.88 Å². The Morgan fingerprint density at radius 2 is 0.714 bits per heavy atom. The van der Waals surface area contributed by atoms with Gasteiger partial charge in [0.2, 0.25) is 34.8 Å². The molecule has 2 rings (SSSR count). The van der Waals surface area contributed by atoms with Gasteiger partial charge in [-0.15, -0.1) is 0 Å². The molecule has 0 radical (unpaired) electrons. The quantitative estimate of drug-likeness (QED) is 0.440. The molecular weight excluding hydrogens is 422 g/mol. The third kappa shape index (κ3) is 3.91. The fourth-order valence-electron chi connectivity index (χ4n) is 1.81. The maximum Gasteiger partial charge on any atom is 0.221 e. The Balaban J connectivity index is 0.000000892. The average molecular weight is 428 g/mol. The van der Waals surface area contributed by atoms with Gasteiger partial charge in [0, 0.05) is 9.05 Å². The van der Waals surface area contributed by atoms with Crippen molar-refractivity contribution in [3.63, 3.8) is 0 Å². The Labute approximate surface area is 147 Å². The number of hydrogen-bond acceptors (Lipinski definition) is 4. The third-order valence-electron chi connectivity index (χ3n) is 2.95. The van der Waals surface area contributed by atoms with Crippen LogP contribution in [-0.2, 0) is 0 Å². The van der Waals surface area contributed by atoms with Gasteiger partial charge in [-0.1, -0.05) is 0 Å². The van der Waals surface area contributed by atoms with Gasteiger partial charge in [-0.3, -0.25) is 9.88 Å². The lowest BCUT2D eigenvalue weighted by Gasteiger charge is -2.14. The second kappa shape index (κ2) is 9.45. The molecule has 0 aliphatic carbocycles. The van der Waals surface area contributed by atoms with Gasteiger partial charge in [0.25, 0.3) is 0 Å². The van der Waals surface area contributed by atoms with Crippen LogP contribution >= 0.6 is 0 Å². The monoisotopic (exact) mass is 428 g/mol. The fourth-order valence-corrected chi connectivity index (χ4v) is 1.81. The van der Waals surface area contributed by atoms with E-state index in [2.05, 4.69) is 9.88 Å². The fraction of sp³-hybridized carbons (Fsp3) is 0.143. The first kappa shape index (κ1) is 23.3. The maximum absolute atomic E-state index is 13.7. The van der Waals surface area contributed by atoms with E-state index in [0.717, 1.165) is 0 Å². The molecule has 2 aromatic carbocycles. The van der Waals surface area contributed by atoms with Gasteiger partial charge in [0.1, 0.15) is 0 Å². The van der Waals surface area contributed by atoms with Gasteiger partial charge in [0.15, 0.2) is 23.3 Å². The summed E-state index contributed by atoms with van der Waals surface area (Å²) in [5.74, 6) is -25.5. The minimum absolute atomic E-state index is 0.125. The highest BCUT2D eigenvalue weighted by atomic mass is 19.3. The zero-order chi connectivity index (χ0) is 21.8. The van der Waals surface area contributed by atoms with Crippen LogP contribution in [0.15, 0.2) is 0 Å². The van der Waals surface area contributed by atoms with E-state index in [1.165, 1.54) is 0 Å². The highest BCUT2D eigenvalue weighted by molar-refractivity contribution is 5.77. The van der Waals surface area contributed by atoms with E-state index in [-0.39, 0.29) is 13.2 Å². The summed E-state index contributed by atoms with van der Waals surface area (Å²) >= 11 is 0. The topological polar surface area (TPSA) is 58.9 Å². The molecule has 0 fully saturated rings. The average Bonchev–Trinajstić information content (AvgIpc) is 2.70. The van der Waals surface area contributed by atoms with Crippen molar-refractivity contribution in [2.24, 2.45) is 0 Å². The van der Waals surface area contributed by atoms with Crippen molar-refractivity contribution in [1.82, 2.24) is 0 Å². The van der Waals surface area contributed by atoms with Crippen LogP contribution in [0.1, 0.15) is 0 Å². The summed E-state index contributed by atoms with van der Waals surface area (Å²) in [5, 5.41) is 15.2. The van der Waals surface area contributed by atoms with Gasteiger partial charge in [0.05, 0.1) is 24.3 Å². The molecule has 156 valence electrons. The van der Waals surface area contributed by atoms with Crippen LogP contribution in [0.3, 0.4) is 0 Å². The van der Waals surface area contributed by atoms with E-state index in [9.17, 15) is 44.2 Å². The molecule has 0 bridgehead atoms. The molecule has 0 atom stereocenters. The lowest BCUT2D eigenvalue weighted by Crippen LogP contribution is -2.08. The number of aliphatic hydroxyl groups is 2. The van der Waals surface area contributed by atoms with E-state index < -0.39 is 69.2 Å². The smallest absolute Gasteiger partial charge is 0.221 e. The summed E-state index contributed by atoms with van der Waals surface area (Å²) in [6, 6.07) is 0. The minimum atomic E-state index is -2.68. The highest BCUT2D eigenvalue weighted by Gasteiger charge is 2.36. The Morgan fingerprint density at radius 3 is 0.929 bits per heavy atom. The number of rotatable bonds is 4. The molecule has 0 amide bonds. The number of benzene rings is 2. The highest BCUT2D eigenvalue weighted by Crippen LogP contribution is 2.46. The van der Waals surface area contributed by atoms with Gasteiger partial charge in [-0.25, -0.2) is 26.3 Å². The second-order valence-corrected chi connectivity index (χ2v) is 4.52. The third-order valence-corrected chi connectivity index (χ3v) is 2.95. The van der Waals surface area contributed by atoms with Gasteiger partial charge >= 0.3 is 0 Å². The molecule has 0 unspecified atom stereocenters. The summed E-state index contributed by atoms with van der Waals surface area (Å²) in [4.78, 5) is 5.41. The molecule has 0 saturated carbocycles. The predicted molar refractivity (Wildman–Crippen MR) is 69.2 cm³/mol. The van der Waals surface area contributed by atoms with E-state index >= 15 is 0 Å². The van der Waals surface area contributed by atoms with Crippen LogP contribution in [0.2, 0.25) is 0 Å². The molecule has 2 N–H and O–H groups in total. The molecule has 28 heavy (non-hydrogen) atoms. The Hall–Kier alpha value is -2.74. The van der Waals surface area contributed by atoms with Gasteiger partial charge in [-0.05, 0) is 0 Å².